The fraction of sp³-hybridized carbons (Fsp3) is 0.680. The van der Waals surface area contributed by atoms with Gasteiger partial charge in [0.15, 0.2) is 0 Å². The second-order valence-corrected chi connectivity index (χ2v) is 10.4. The van der Waals surface area contributed by atoms with Gasteiger partial charge in [-0.2, -0.15) is 0 Å². The third-order valence-corrected chi connectivity index (χ3v) is 9.40. The van der Waals surface area contributed by atoms with Crippen LogP contribution < -0.4 is 5.32 Å². The SMILES string of the molecule is C[C@]12CC[C@H]3[C@@H](CCC4NC(=O)CC[C@@]43C)[C@@H]1CC[C@@H]2/C=C/c1ccncc1. The van der Waals surface area contributed by atoms with Crippen molar-refractivity contribution in [1.82, 2.24) is 10.3 Å². The second-order valence-electron chi connectivity index (χ2n) is 10.4. The Morgan fingerprint density at radius 1 is 1.00 bits per heavy atom. The maximum absolute atomic E-state index is 12.0. The van der Waals surface area contributed by atoms with Crippen molar-refractivity contribution in [3.05, 3.63) is 36.2 Å². The highest BCUT2D eigenvalue weighted by atomic mass is 16.1. The highest BCUT2D eigenvalue weighted by molar-refractivity contribution is 5.77. The zero-order valence-corrected chi connectivity index (χ0v) is 17.4. The van der Waals surface area contributed by atoms with E-state index in [4.69, 9.17) is 0 Å². The molecule has 1 aliphatic heterocycles. The lowest BCUT2D eigenvalue weighted by Crippen LogP contribution is -2.61. The number of aromatic nitrogens is 1. The summed E-state index contributed by atoms with van der Waals surface area (Å²) in [6, 6.07) is 4.62. The first-order valence-corrected chi connectivity index (χ1v) is 11.4. The standard InChI is InChI=1S/C25H34N2O/c1-24-13-9-21-19(6-8-22-25(21,2)14-10-23(28)27-22)20(24)7-5-18(24)4-3-17-11-15-26-16-12-17/h3-4,11-12,15-16,18-22H,5-10,13-14H2,1-2H3,(H,27,28)/b4-3+/t18-,19-,20-,21-,22?,24+,25+/m0/s1. The zero-order chi connectivity index (χ0) is 19.4. The van der Waals surface area contributed by atoms with Gasteiger partial charge in [0.1, 0.15) is 0 Å². The third kappa shape index (κ3) is 2.76. The second kappa shape index (κ2) is 6.71. The Hall–Kier alpha value is -1.64. The molecule has 0 spiro atoms. The van der Waals surface area contributed by atoms with E-state index in [2.05, 4.69) is 48.4 Å². The molecule has 0 radical (unpaired) electrons. The van der Waals surface area contributed by atoms with Crippen LogP contribution in [0, 0.1) is 34.5 Å². The lowest BCUT2D eigenvalue weighted by molar-refractivity contribution is -0.136. The van der Waals surface area contributed by atoms with Crippen molar-refractivity contribution >= 4 is 12.0 Å². The van der Waals surface area contributed by atoms with Crippen LogP contribution in [0.4, 0.5) is 0 Å². The summed E-state index contributed by atoms with van der Waals surface area (Å²) < 4.78 is 0. The van der Waals surface area contributed by atoms with Crippen molar-refractivity contribution in [3.63, 3.8) is 0 Å². The Bertz CT molecular complexity index is 774. The first-order valence-electron chi connectivity index (χ1n) is 11.4. The average Bonchev–Trinajstić information content (AvgIpc) is 3.04. The minimum absolute atomic E-state index is 0.281. The number of piperidine rings is 1. The van der Waals surface area contributed by atoms with Gasteiger partial charge >= 0.3 is 0 Å². The topological polar surface area (TPSA) is 42.0 Å². The molecule has 1 amide bonds. The number of hydrogen-bond donors (Lipinski definition) is 1. The van der Waals surface area contributed by atoms with Crippen LogP contribution in [-0.4, -0.2) is 16.9 Å². The van der Waals surface area contributed by atoms with E-state index < -0.39 is 0 Å². The van der Waals surface area contributed by atoms with Crippen LogP contribution in [0.5, 0.6) is 0 Å². The fourth-order valence-corrected chi connectivity index (χ4v) is 7.76. The van der Waals surface area contributed by atoms with Crippen LogP contribution in [0.15, 0.2) is 30.6 Å². The van der Waals surface area contributed by atoms with Gasteiger partial charge in [0.05, 0.1) is 0 Å². The van der Waals surface area contributed by atoms with Gasteiger partial charge in [-0.3, -0.25) is 9.78 Å². The largest absolute Gasteiger partial charge is 0.353 e. The van der Waals surface area contributed by atoms with Crippen LogP contribution in [0.25, 0.3) is 6.08 Å². The maximum Gasteiger partial charge on any atom is 0.220 e. The molecular formula is C25H34N2O. The molecule has 7 atom stereocenters. The number of allylic oxidation sites excluding steroid dienone is 1. The Balaban J connectivity index is 1.37. The molecule has 0 aromatic carbocycles. The number of hydrogen-bond acceptors (Lipinski definition) is 2. The molecule has 1 N–H and O–H groups in total. The Kier molecular flexibility index (Phi) is 4.41. The molecule has 3 saturated carbocycles. The molecule has 3 nitrogen and oxygen atoms in total. The first kappa shape index (κ1) is 18.4. The van der Waals surface area contributed by atoms with E-state index in [1.807, 2.05) is 12.4 Å². The molecule has 150 valence electrons. The van der Waals surface area contributed by atoms with Gasteiger partial charge < -0.3 is 5.32 Å². The van der Waals surface area contributed by atoms with Gasteiger partial charge in [0.2, 0.25) is 5.91 Å². The van der Waals surface area contributed by atoms with Crippen LogP contribution in [0.3, 0.4) is 0 Å². The van der Waals surface area contributed by atoms with Gasteiger partial charge in [-0.05, 0) is 97.1 Å². The van der Waals surface area contributed by atoms with Crippen molar-refractivity contribution in [1.29, 1.82) is 0 Å². The molecule has 0 bridgehead atoms. The molecule has 2 heterocycles. The monoisotopic (exact) mass is 378 g/mol. The molecule has 3 aliphatic carbocycles. The van der Waals surface area contributed by atoms with E-state index >= 15 is 0 Å². The molecule has 5 rings (SSSR count). The lowest BCUT2D eigenvalue weighted by Gasteiger charge is -2.60. The maximum atomic E-state index is 12.0. The quantitative estimate of drug-likeness (QED) is 0.765. The van der Waals surface area contributed by atoms with Crippen molar-refractivity contribution in [2.24, 2.45) is 34.5 Å². The number of pyridine rings is 1. The molecular weight excluding hydrogens is 344 g/mol. The van der Waals surface area contributed by atoms with Crippen LogP contribution >= 0.6 is 0 Å². The average molecular weight is 379 g/mol. The number of nitrogens with zero attached hydrogens (tertiary/aromatic N) is 1. The van der Waals surface area contributed by atoms with Crippen molar-refractivity contribution in [2.75, 3.05) is 0 Å². The predicted octanol–water partition coefficient (Wildman–Crippen LogP) is 5.23. The molecule has 28 heavy (non-hydrogen) atoms. The molecule has 4 fully saturated rings. The number of carbonyl (C=O) groups is 1. The highest BCUT2D eigenvalue weighted by Gasteiger charge is 2.59. The van der Waals surface area contributed by atoms with E-state index in [-0.39, 0.29) is 5.91 Å². The van der Waals surface area contributed by atoms with E-state index in [0.717, 1.165) is 30.6 Å². The van der Waals surface area contributed by atoms with Crippen LogP contribution in [-0.2, 0) is 4.79 Å². The molecule has 1 unspecified atom stereocenters. The number of rotatable bonds is 2. The summed E-state index contributed by atoms with van der Waals surface area (Å²) in [5, 5.41) is 3.35. The summed E-state index contributed by atoms with van der Waals surface area (Å²) in [5.74, 6) is 3.49. The zero-order valence-electron chi connectivity index (χ0n) is 17.4. The summed E-state index contributed by atoms with van der Waals surface area (Å²) in [4.78, 5) is 16.1. The van der Waals surface area contributed by atoms with Crippen LogP contribution in [0.1, 0.15) is 70.8 Å². The van der Waals surface area contributed by atoms with Crippen molar-refractivity contribution in [2.45, 2.75) is 71.3 Å². The van der Waals surface area contributed by atoms with Crippen LogP contribution in [0.2, 0.25) is 0 Å². The summed E-state index contributed by atoms with van der Waals surface area (Å²) >= 11 is 0. The molecule has 4 aliphatic rings. The number of carbonyl (C=O) groups excluding carboxylic acids is 1. The molecule has 1 aromatic heterocycles. The Morgan fingerprint density at radius 3 is 2.61 bits per heavy atom. The third-order valence-electron chi connectivity index (χ3n) is 9.40. The number of nitrogens with one attached hydrogen (secondary N) is 1. The Morgan fingerprint density at radius 2 is 1.79 bits per heavy atom. The fourth-order valence-electron chi connectivity index (χ4n) is 7.76. The molecule has 3 heteroatoms. The van der Waals surface area contributed by atoms with E-state index in [9.17, 15) is 4.79 Å². The number of fused-ring (bicyclic) bond motifs is 5. The van der Waals surface area contributed by atoms with Gasteiger partial charge in [-0.25, -0.2) is 0 Å². The van der Waals surface area contributed by atoms with Crippen molar-refractivity contribution < 1.29 is 4.79 Å². The van der Waals surface area contributed by atoms with Gasteiger partial charge in [-0.1, -0.05) is 26.0 Å². The van der Waals surface area contributed by atoms with E-state index in [1.54, 1.807) is 0 Å². The van der Waals surface area contributed by atoms with Gasteiger partial charge in [0.25, 0.3) is 0 Å². The number of amides is 1. The lowest BCUT2D eigenvalue weighted by atomic mass is 9.47. The van der Waals surface area contributed by atoms with Crippen molar-refractivity contribution in [3.8, 4) is 0 Å². The summed E-state index contributed by atoms with van der Waals surface area (Å²) in [7, 11) is 0. The predicted molar refractivity (Wildman–Crippen MR) is 112 cm³/mol. The first-order chi connectivity index (χ1) is 13.5. The summed E-state index contributed by atoms with van der Waals surface area (Å²) in [6.07, 6.45) is 18.3. The van der Waals surface area contributed by atoms with Gasteiger partial charge in [0, 0.05) is 24.9 Å². The smallest absolute Gasteiger partial charge is 0.220 e. The normalized spacial score (nSPS) is 45.2. The van der Waals surface area contributed by atoms with Gasteiger partial charge in [-0.15, -0.1) is 0 Å². The molecule has 1 saturated heterocycles. The van der Waals surface area contributed by atoms with E-state index in [1.165, 1.54) is 44.1 Å². The minimum Gasteiger partial charge on any atom is -0.353 e. The molecule has 1 aromatic rings. The Labute approximate surface area is 169 Å². The summed E-state index contributed by atoms with van der Waals surface area (Å²) in [5.41, 5.74) is 2.04. The van der Waals surface area contributed by atoms with E-state index in [0.29, 0.717) is 22.8 Å². The minimum atomic E-state index is 0.281. The highest BCUT2D eigenvalue weighted by Crippen LogP contribution is 2.65. The summed E-state index contributed by atoms with van der Waals surface area (Å²) in [6.45, 7) is 5.08.